The Morgan fingerprint density at radius 3 is 2.64 bits per heavy atom. The number of ether oxygens (including phenoxy) is 1. The van der Waals surface area contributed by atoms with Crippen LogP contribution >= 0.6 is 11.6 Å². The van der Waals surface area contributed by atoms with Crippen LogP contribution in [-0.4, -0.2) is 30.5 Å². The summed E-state index contributed by atoms with van der Waals surface area (Å²) in [6, 6.07) is 6.62. The summed E-state index contributed by atoms with van der Waals surface area (Å²) in [6.07, 6.45) is 0.570. The van der Waals surface area contributed by atoms with Crippen LogP contribution in [-0.2, 0) is 26.0 Å². The highest BCUT2D eigenvalue weighted by Gasteiger charge is 2.27. The van der Waals surface area contributed by atoms with E-state index in [9.17, 15) is 22.0 Å². The van der Waals surface area contributed by atoms with Gasteiger partial charge < -0.3 is 4.74 Å². The quantitative estimate of drug-likeness (QED) is 0.442. The first-order valence-electron chi connectivity index (χ1n) is 8.18. The number of fused-ring (bicyclic) bond motifs is 1. The Balaban J connectivity index is 2.14. The van der Waals surface area contributed by atoms with Crippen molar-refractivity contribution in [3.05, 3.63) is 58.9 Å². The van der Waals surface area contributed by atoms with E-state index < -0.39 is 32.5 Å². The lowest BCUT2D eigenvalue weighted by atomic mass is 10.2. The standard InChI is InChI=1S/C18H15ClF2N2O4S/c1-27-18(24)4-2-3-12-10-14-15(6-8-17(19)22-14)23(12)28(25,26)16-7-5-11(20)9-13(16)21/h5-10H,2-4H2,1H3. The van der Waals surface area contributed by atoms with Gasteiger partial charge in [0, 0.05) is 18.2 Å². The number of rotatable bonds is 6. The average molecular weight is 429 g/mol. The number of aromatic nitrogens is 2. The molecule has 0 spiro atoms. The van der Waals surface area contributed by atoms with Gasteiger partial charge in [0.15, 0.2) is 0 Å². The molecular weight excluding hydrogens is 414 g/mol. The molecule has 0 aliphatic heterocycles. The van der Waals surface area contributed by atoms with Crippen molar-refractivity contribution in [2.45, 2.75) is 24.2 Å². The van der Waals surface area contributed by atoms with E-state index in [1.54, 1.807) is 0 Å². The fraction of sp³-hybridized carbons (Fsp3) is 0.222. The number of halogens is 3. The molecule has 148 valence electrons. The van der Waals surface area contributed by atoms with E-state index in [0.717, 1.165) is 16.1 Å². The largest absolute Gasteiger partial charge is 0.469 e. The number of methoxy groups -OCH3 is 1. The van der Waals surface area contributed by atoms with Gasteiger partial charge in [-0.15, -0.1) is 0 Å². The van der Waals surface area contributed by atoms with E-state index in [1.807, 2.05) is 0 Å². The van der Waals surface area contributed by atoms with Crippen molar-refractivity contribution in [3.63, 3.8) is 0 Å². The molecule has 3 aromatic rings. The smallest absolute Gasteiger partial charge is 0.305 e. The zero-order valence-electron chi connectivity index (χ0n) is 14.7. The van der Waals surface area contributed by atoms with Gasteiger partial charge in [0.25, 0.3) is 10.0 Å². The Morgan fingerprint density at radius 1 is 1.21 bits per heavy atom. The number of carbonyl (C=O) groups is 1. The summed E-state index contributed by atoms with van der Waals surface area (Å²) >= 11 is 5.89. The van der Waals surface area contributed by atoms with Crippen molar-refractivity contribution in [3.8, 4) is 0 Å². The lowest BCUT2D eigenvalue weighted by Crippen LogP contribution is -2.17. The third-order valence-corrected chi connectivity index (χ3v) is 6.11. The van der Waals surface area contributed by atoms with Gasteiger partial charge in [-0.1, -0.05) is 11.6 Å². The molecule has 0 atom stereocenters. The lowest BCUT2D eigenvalue weighted by molar-refractivity contribution is -0.140. The third-order valence-electron chi connectivity index (χ3n) is 4.11. The fourth-order valence-corrected chi connectivity index (χ4v) is 4.61. The molecule has 0 saturated carbocycles. The molecule has 1 aromatic carbocycles. The van der Waals surface area contributed by atoms with Crippen LogP contribution in [0.25, 0.3) is 11.0 Å². The van der Waals surface area contributed by atoms with Crippen LogP contribution in [0.2, 0.25) is 5.15 Å². The maximum Gasteiger partial charge on any atom is 0.305 e. The molecule has 0 aliphatic rings. The second-order valence-corrected chi connectivity index (χ2v) is 8.09. The van der Waals surface area contributed by atoms with Crippen LogP contribution in [0.4, 0.5) is 8.78 Å². The summed E-state index contributed by atoms with van der Waals surface area (Å²) in [5.74, 6) is -2.53. The topological polar surface area (TPSA) is 78.3 Å². The average Bonchev–Trinajstić information content (AvgIpc) is 2.99. The maximum atomic E-state index is 14.2. The third kappa shape index (κ3) is 3.85. The fourth-order valence-electron chi connectivity index (χ4n) is 2.85. The van der Waals surface area contributed by atoms with Gasteiger partial charge in [-0.2, -0.15) is 0 Å². The molecule has 3 rings (SSSR count). The molecule has 0 radical (unpaired) electrons. The summed E-state index contributed by atoms with van der Waals surface area (Å²) in [5, 5.41) is 0.163. The predicted molar refractivity (Wildman–Crippen MR) is 98.6 cm³/mol. The van der Waals surface area contributed by atoms with Crippen LogP contribution in [0.5, 0.6) is 0 Å². The summed E-state index contributed by atoms with van der Waals surface area (Å²) in [4.78, 5) is 14.8. The van der Waals surface area contributed by atoms with Crippen LogP contribution < -0.4 is 0 Å². The molecule has 0 saturated heterocycles. The number of hydrogen-bond donors (Lipinski definition) is 0. The molecule has 2 aromatic heterocycles. The maximum absolute atomic E-state index is 14.2. The lowest BCUT2D eigenvalue weighted by Gasteiger charge is -2.12. The Labute approximate surface area is 164 Å². The molecule has 28 heavy (non-hydrogen) atoms. The first kappa shape index (κ1) is 20.2. The van der Waals surface area contributed by atoms with Crippen molar-refractivity contribution < 1.29 is 26.7 Å². The molecule has 0 unspecified atom stereocenters. The highest BCUT2D eigenvalue weighted by Crippen LogP contribution is 2.28. The Morgan fingerprint density at radius 2 is 1.96 bits per heavy atom. The normalized spacial score (nSPS) is 11.7. The number of benzene rings is 1. The van der Waals surface area contributed by atoms with Crippen LogP contribution in [0, 0.1) is 11.6 Å². The molecule has 6 nitrogen and oxygen atoms in total. The van der Waals surface area contributed by atoms with E-state index in [2.05, 4.69) is 9.72 Å². The molecule has 0 aliphatic carbocycles. The molecule has 2 heterocycles. The molecule has 0 amide bonds. The van der Waals surface area contributed by atoms with E-state index in [1.165, 1.54) is 25.3 Å². The van der Waals surface area contributed by atoms with E-state index in [0.29, 0.717) is 18.0 Å². The van der Waals surface area contributed by atoms with Crippen LogP contribution in [0.3, 0.4) is 0 Å². The minimum Gasteiger partial charge on any atom is -0.469 e. The summed E-state index contributed by atoms with van der Waals surface area (Å²) in [7, 11) is -3.14. The Hall–Kier alpha value is -2.52. The molecular formula is C18H15ClF2N2O4S. The second kappa shape index (κ2) is 7.84. The monoisotopic (exact) mass is 428 g/mol. The number of carbonyl (C=O) groups excluding carboxylic acids is 1. The molecule has 0 N–H and O–H groups in total. The van der Waals surface area contributed by atoms with Crippen LogP contribution in [0.1, 0.15) is 18.5 Å². The summed E-state index contributed by atoms with van der Waals surface area (Å²) < 4.78 is 59.2. The van der Waals surface area contributed by atoms with Crippen molar-refractivity contribution >= 4 is 38.6 Å². The summed E-state index contributed by atoms with van der Waals surface area (Å²) in [6.45, 7) is 0. The first-order valence-corrected chi connectivity index (χ1v) is 10.00. The van der Waals surface area contributed by atoms with Gasteiger partial charge in [0.2, 0.25) is 0 Å². The van der Waals surface area contributed by atoms with Crippen molar-refractivity contribution in [1.82, 2.24) is 8.96 Å². The van der Waals surface area contributed by atoms with Gasteiger partial charge in [-0.3, -0.25) is 4.79 Å². The zero-order chi connectivity index (χ0) is 20.5. The SMILES string of the molecule is COC(=O)CCCc1cc2nc(Cl)ccc2n1S(=O)(=O)c1ccc(F)cc1F. The Bertz CT molecular complexity index is 1160. The van der Waals surface area contributed by atoms with E-state index in [-0.39, 0.29) is 29.2 Å². The number of aryl methyl sites for hydroxylation is 1. The molecule has 10 heteroatoms. The van der Waals surface area contributed by atoms with Gasteiger partial charge in [-0.05, 0) is 43.2 Å². The van der Waals surface area contributed by atoms with Gasteiger partial charge in [0.1, 0.15) is 21.7 Å². The Kier molecular flexibility index (Phi) is 5.66. The number of hydrogen-bond acceptors (Lipinski definition) is 5. The predicted octanol–water partition coefficient (Wildman–Crippen LogP) is 3.70. The number of esters is 1. The number of nitrogens with zero attached hydrogens (tertiary/aromatic N) is 2. The van der Waals surface area contributed by atoms with E-state index in [4.69, 9.17) is 11.6 Å². The second-order valence-electron chi connectivity index (χ2n) is 5.95. The summed E-state index contributed by atoms with van der Waals surface area (Å²) in [5.41, 5.74) is 0.783. The highest BCUT2D eigenvalue weighted by atomic mass is 35.5. The molecule has 0 fully saturated rings. The highest BCUT2D eigenvalue weighted by molar-refractivity contribution is 7.90. The van der Waals surface area contributed by atoms with Crippen molar-refractivity contribution in [1.29, 1.82) is 0 Å². The van der Waals surface area contributed by atoms with Gasteiger partial charge >= 0.3 is 5.97 Å². The van der Waals surface area contributed by atoms with Crippen molar-refractivity contribution in [2.24, 2.45) is 0 Å². The molecule has 0 bridgehead atoms. The van der Waals surface area contributed by atoms with Crippen LogP contribution in [0.15, 0.2) is 41.3 Å². The van der Waals surface area contributed by atoms with E-state index >= 15 is 0 Å². The zero-order valence-corrected chi connectivity index (χ0v) is 16.2. The number of pyridine rings is 1. The van der Waals surface area contributed by atoms with Crippen molar-refractivity contribution in [2.75, 3.05) is 7.11 Å². The van der Waals surface area contributed by atoms with Gasteiger partial charge in [-0.25, -0.2) is 26.2 Å². The minimum atomic E-state index is -4.39. The first-order chi connectivity index (χ1) is 13.2. The van der Waals surface area contributed by atoms with Gasteiger partial charge in [0.05, 0.1) is 18.1 Å². The minimum absolute atomic E-state index is 0.0805.